The van der Waals surface area contributed by atoms with E-state index in [9.17, 15) is 19.5 Å². The molecule has 11 heteroatoms. The standard InChI is InChI=1S/C39H48N4O7/c1-5-27(24-44)43-35-37(47)42(29-19-17-28(18-20-29)41(6-2)7-3)23-13-9-12-16-31(45)40-25(4)34(26-14-10-8-11-15-26)49-38(48)32-30-21-22-39(35,50-30)33(32)36(43)46/h8-11,13-15,17-22,25,27,30,32-35,44H,5-7,12,16,23-24H2,1-4H3,(H,40,45)/b13-9-/t25-,27-,30+,32-,33-,34+,35+,39-/m0/s1. The second-order valence-corrected chi connectivity index (χ2v) is 13.5. The molecule has 2 aromatic rings. The molecule has 4 aliphatic heterocycles. The Morgan fingerprint density at radius 3 is 2.36 bits per heavy atom. The average Bonchev–Trinajstić information content (AvgIpc) is 3.77. The van der Waals surface area contributed by atoms with Gasteiger partial charge < -0.3 is 34.6 Å². The van der Waals surface area contributed by atoms with Crippen molar-refractivity contribution in [2.75, 3.05) is 36.0 Å². The summed E-state index contributed by atoms with van der Waals surface area (Å²) >= 11 is 0. The van der Waals surface area contributed by atoms with Crippen molar-refractivity contribution in [3.05, 3.63) is 84.5 Å². The number of hydrogen-bond acceptors (Lipinski definition) is 8. The normalized spacial score (nSPS) is 31.0. The van der Waals surface area contributed by atoms with Gasteiger partial charge in [0.1, 0.15) is 23.7 Å². The lowest BCUT2D eigenvalue weighted by Gasteiger charge is -2.38. The van der Waals surface area contributed by atoms with Crippen molar-refractivity contribution in [1.82, 2.24) is 10.2 Å². The van der Waals surface area contributed by atoms with Crippen LogP contribution in [-0.2, 0) is 28.7 Å². The van der Waals surface area contributed by atoms with Crippen LogP contribution in [-0.4, -0.2) is 89.8 Å². The molecular weight excluding hydrogens is 636 g/mol. The first-order valence-electron chi connectivity index (χ1n) is 17.8. The predicted molar refractivity (Wildman–Crippen MR) is 189 cm³/mol. The number of aliphatic hydroxyl groups is 1. The zero-order valence-corrected chi connectivity index (χ0v) is 29.2. The number of allylic oxidation sites excluding steroid dienone is 1. The summed E-state index contributed by atoms with van der Waals surface area (Å²) in [6.07, 6.45) is 6.64. The van der Waals surface area contributed by atoms with Gasteiger partial charge in [-0.2, -0.15) is 0 Å². The van der Waals surface area contributed by atoms with Crippen molar-refractivity contribution in [1.29, 1.82) is 0 Å². The molecule has 0 unspecified atom stereocenters. The van der Waals surface area contributed by atoms with Crippen molar-refractivity contribution in [2.45, 2.75) is 82.9 Å². The number of likely N-dealkylation sites (tertiary alicyclic amines) is 1. The van der Waals surface area contributed by atoms with Gasteiger partial charge in [0, 0.05) is 37.4 Å². The third-order valence-corrected chi connectivity index (χ3v) is 10.7. The van der Waals surface area contributed by atoms with Gasteiger partial charge >= 0.3 is 5.97 Å². The van der Waals surface area contributed by atoms with Gasteiger partial charge in [0.2, 0.25) is 11.8 Å². The molecule has 50 heavy (non-hydrogen) atoms. The van der Waals surface area contributed by atoms with Gasteiger partial charge in [-0.1, -0.05) is 61.6 Å². The second kappa shape index (κ2) is 14.8. The number of amides is 3. The highest BCUT2D eigenvalue weighted by atomic mass is 16.6. The van der Waals surface area contributed by atoms with Gasteiger partial charge in [-0.15, -0.1) is 0 Å². The molecule has 5 bridgehead atoms. The van der Waals surface area contributed by atoms with Crippen LogP contribution >= 0.6 is 0 Å². The van der Waals surface area contributed by atoms with E-state index in [0.717, 1.165) is 18.8 Å². The van der Waals surface area contributed by atoms with Crippen LogP contribution in [0.4, 0.5) is 11.4 Å². The van der Waals surface area contributed by atoms with Gasteiger partial charge in [-0.25, -0.2) is 0 Å². The topological polar surface area (TPSA) is 129 Å². The molecule has 1 spiro atoms. The number of fused-ring (bicyclic) bond motifs is 2. The number of nitrogens with zero attached hydrogens (tertiary/aromatic N) is 3. The molecule has 3 amide bonds. The number of hydrogen-bond donors (Lipinski definition) is 2. The predicted octanol–water partition coefficient (Wildman–Crippen LogP) is 3.93. The maximum Gasteiger partial charge on any atom is 0.313 e. The Balaban J connectivity index is 1.45. The van der Waals surface area contributed by atoms with Crippen LogP contribution in [0.1, 0.15) is 58.6 Å². The minimum Gasteiger partial charge on any atom is -0.455 e. The number of carbonyl (C=O) groups excluding carboxylic acids is 4. The maximum atomic E-state index is 15.1. The Morgan fingerprint density at radius 2 is 1.70 bits per heavy atom. The molecule has 266 valence electrons. The van der Waals surface area contributed by atoms with Gasteiger partial charge in [0.05, 0.1) is 30.7 Å². The van der Waals surface area contributed by atoms with Gasteiger partial charge in [0.15, 0.2) is 0 Å². The SMILES string of the molecule is CC[C@@H](CO)N1C(=O)[C@@H]2[C@H]3C(=O)O[C@@H](c4ccccc4)[C@H](C)NC(=O)CC/C=C\CN(c4ccc(N(CC)CC)cc4)C(=O)[C@@H]1[C@]21C=C[C@H]3O1. The van der Waals surface area contributed by atoms with Crippen LogP contribution in [0.15, 0.2) is 78.9 Å². The third-order valence-electron chi connectivity index (χ3n) is 10.7. The maximum absolute atomic E-state index is 15.1. The van der Waals surface area contributed by atoms with E-state index < -0.39 is 59.6 Å². The van der Waals surface area contributed by atoms with E-state index in [2.05, 4.69) is 24.1 Å². The molecule has 2 aromatic carbocycles. The number of aliphatic hydroxyl groups excluding tert-OH is 1. The second-order valence-electron chi connectivity index (χ2n) is 13.5. The molecule has 11 nitrogen and oxygen atoms in total. The highest BCUT2D eigenvalue weighted by molar-refractivity contribution is 6.05. The molecule has 6 rings (SSSR count). The van der Waals surface area contributed by atoms with Crippen LogP contribution in [0.3, 0.4) is 0 Å². The zero-order chi connectivity index (χ0) is 35.6. The summed E-state index contributed by atoms with van der Waals surface area (Å²) in [5.74, 6) is -3.73. The summed E-state index contributed by atoms with van der Waals surface area (Å²) in [6.45, 7) is 9.29. The van der Waals surface area contributed by atoms with Gasteiger partial charge in [-0.3, -0.25) is 19.2 Å². The first kappa shape index (κ1) is 35.3. The van der Waals surface area contributed by atoms with Gasteiger partial charge in [-0.05, 0) is 63.4 Å². The first-order valence-corrected chi connectivity index (χ1v) is 17.8. The lowest BCUT2D eigenvalue weighted by Crippen LogP contribution is -2.58. The van der Waals surface area contributed by atoms with Crippen molar-refractivity contribution in [3.63, 3.8) is 0 Å². The van der Waals surface area contributed by atoms with Crippen LogP contribution in [0, 0.1) is 11.8 Å². The molecule has 4 aliphatic rings. The molecular formula is C39H48N4O7. The molecule has 2 N–H and O–H groups in total. The van der Waals surface area contributed by atoms with Gasteiger partial charge in [0.25, 0.3) is 5.91 Å². The van der Waals surface area contributed by atoms with E-state index in [0.29, 0.717) is 24.1 Å². The van der Waals surface area contributed by atoms with Crippen LogP contribution < -0.4 is 15.1 Å². The highest BCUT2D eigenvalue weighted by Gasteiger charge is 2.74. The summed E-state index contributed by atoms with van der Waals surface area (Å²) in [7, 11) is 0. The molecule has 0 aromatic heterocycles. The lowest BCUT2D eigenvalue weighted by molar-refractivity contribution is -0.161. The van der Waals surface area contributed by atoms with E-state index in [1.807, 2.05) is 73.7 Å². The van der Waals surface area contributed by atoms with Crippen molar-refractivity contribution < 1.29 is 33.8 Å². The fourth-order valence-electron chi connectivity index (χ4n) is 8.09. The number of rotatable bonds is 8. The third kappa shape index (κ3) is 6.21. The van der Waals surface area contributed by atoms with Crippen LogP contribution in [0.2, 0.25) is 0 Å². The smallest absolute Gasteiger partial charge is 0.313 e. The molecule has 2 saturated heterocycles. The fraction of sp³-hybridized carbons (Fsp3) is 0.487. The van der Waals surface area contributed by atoms with Crippen molar-refractivity contribution >= 4 is 35.1 Å². The Hall–Kier alpha value is -4.48. The van der Waals surface area contributed by atoms with E-state index >= 15 is 4.79 Å². The number of esters is 1. The summed E-state index contributed by atoms with van der Waals surface area (Å²) in [6, 6.07) is 14.5. The number of ether oxygens (including phenoxy) is 2. The summed E-state index contributed by atoms with van der Waals surface area (Å²) in [5, 5.41) is 13.5. The van der Waals surface area contributed by atoms with E-state index in [4.69, 9.17) is 9.47 Å². The minimum atomic E-state index is -1.44. The first-order chi connectivity index (χ1) is 24.2. The van der Waals surface area contributed by atoms with Crippen molar-refractivity contribution in [2.24, 2.45) is 11.8 Å². The number of benzene rings is 2. The van der Waals surface area contributed by atoms with E-state index in [-0.39, 0.29) is 31.4 Å². The van der Waals surface area contributed by atoms with Crippen LogP contribution in [0.5, 0.6) is 0 Å². The summed E-state index contributed by atoms with van der Waals surface area (Å²) in [5.41, 5.74) is 0.903. The molecule has 2 fully saturated rings. The quantitative estimate of drug-likeness (QED) is 0.317. The molecule has 8 atom stereocenters. The average molecular weight is 685 g/mol. The van der Waals surface area contributed by atoms with Crippen LogP contribution in [0.25, 0.3) is 0 Å². The van der Waals surface area contributed by atoms with Crippen molar-refractivity contribution in [3.8, 4) is 0 Å². The molecule has 0 saturated carbocycles. The Morgan fingerprint density at radius 1 is 0.980 bits per heavy atom. The minimum absolute atomic E-state index is 0.172. The largest absolute Gasteiger partial charge is 0.455 e. The Kier molecular flexibility index (Phi) is 10.5. The highest BCUT2D eigenvalue weighted by Crippen LogP contribution is 2.56. The van der Waals surface area contributed by atoms with E-state index in [1.165, 1.54) is 4.90 Å². The number of anilines is 2. The Bertz CT molecular complexity index is 1620. The number of carbonyl (C=O) groups is 4. The number of nitrogens with one attached hydrogen (secondary N) is 1. The Labute approximate surface area is 293 Å². The molecule has 4 heterocycles. The number of cyclic esters (lactones) is 1. The van der Waals surface area contributed by atoms with E-state index in [1.54, 1.807) is 24.0 Å². The summed E-state index contributed by atoms with van der Waals surface area (Å²) < 4.78 is 12.8. The fourth-order valence-corrected chi connectivity index (χ4v) is 8.09. The summed E-state index contributed by atoms with van der Waals surface area (Å²) in [4.78, 5) is 62.3. The lowest BCUT2D eigenvalue weighted by atomic mass is 9.74. The molecule has 0 radical (unpaired) electrons. The monoisotopic (exact) mass is 684 g/mol. The molecule has 0 aliphatic carbocycles. The zero-order valence-electron chi connectivity index (χ0n) is 29.2.